The Labute approximate surface area is 151 Å². The number of alkyl halides is 2. The van der Waals surface area contributed by atoms with Crippen molar-refractivity contribution < 1.29 is 18.4 Å². The van der Waals surface area contributed by atoms with Gasteiger partial charge in [0.25, 0.3) is 5.76 Å². The lowest BCUT2D eigenvalue weighted by Crippen LogP contribution is -2.32. The van der Waals surface area contributed by atoms with Crippen LogP contribution in [0.25, 0.3) is 0 Å². The molecule has 1 unspecified atom stereocenters. The van der Waals surface area contributed by atoms with Gasteiger partial charge in [-0.25, -0.2) is 0 Å². The van der Waals surface area contributed by atoms with Gasteiger partial charge in [-0.1, -0.05) is 23.9 Å². The van der Waals surface area contributed by atoms with Gasteiger partial charge >= 0.3 is 0 Å². The molecule has 4 nitrogen and oxygen atoms in total. The molecule has 0 saturated carbocycles. The molecule has 8 heteroatoms. The quantitative estimate of drug-likeness (QED) is 0.753. The first-order chi connectivity index (χ1) is 12.0. The minimum atomic E-state index is -2.48. The summed E-state index contributed by atoms with van der Waals surface area (Å²) < 4.78 is 24.6. The van der Waals surface area contributed by atoms with E-state index in [-0.39, 0.29) is 18.2 Å². The number of halogens is 2. The average Bonchev–Trinajstić information content (AvgIpc) is 2.57. The van der Waals surface area contributed by atoms with Crippen LogP contribution in [0.15, 0.2) is 58.3 Å². The van der Waals surface area contributed by atoms with Crippen molar-refractivity contribution in [2.75, 3.05) is 10.6 Å². The molecule has 130 valence electrons. The highest BCUT2D eigenvalue weighted by atomic mass is 32.2. The van der Waals surface area contributed by atoms with Crippen LogP contribution < -0.4 is 10.6 Å². The highest BCUT2D eigenvalue weighted by molar-refractivity contribution is 8.01. The van der Waals surface area contributed by atoms with Gasteiger partial charge in [-0.3, -0.25) is 9.59 Å². The molecule has 0 spiro atoms. The lowest BCUT2D eigenvalue weighted by Gasteiger charge is -2.23. The third-order valence-electron chi connectivity index (χ3n) is 3.44. The fraction of sp³-hybridized carbons (Fsp3) is 0.176. The number of anilines is 2. The number of fused-ring (bicyclic) bond motifs is 1. The maximum atomic E-state index is 12.3. The minimum absolute atomic E-state index is 0.0262. The number of carbonyl (C=O) groups is 2. The molecule has 1 heterocycles. The SMILES string of the molecule is O=C(CC1Sc2ccccc2NC1=O)Nc1ccc(SC(F)F)cc1. The zero-order valence-corrected chi connectivity index (χ0v) is 14.5. The van der Waals surface area contributed by atoms with Crippen LogP contribution in [0.1, 0.15) is 6.42 Å². The van der Waals surface area contributed by atoms with Crippen LogP contribution in [-0.2, 0) is 9.59 Å². The highest BCUT2D eigenvalue weighted by Gasteiger charge is 2.28. The average molecular weight is 380 g/mol. The van der Waals surface area contributed by atoms with Crippen LogP contribution in [0.2, 0.25) is 0 Å². The van der Waals surface area contributed by atoms with E-state index >= 15 is 0 Å². The maximum absolute atomic E-state index is 12.3. The molecule has 0 aliphatic carbocycles. The van der Waals surface area contributed by atoms with E-state index in [9.17, 15) is 18.4 Å². The van der Waals surface area contributed by atoms with E-state index < -0.39 is 11.0 Å². The van der Waals surface area contributed by atoms with Crippen molar-refractivity contribution in [1.29, 1.82) is 0 Å². The van der Waals surface area contributed by atoms with Gasteiger partial charge in [-0.15, -0.1) is 11.8 Å². The van der Waals surface area contributed by atoms with Crippen molar-refractivity contribution in [2.45, 2.75) is 27.2 Å². The predicted molar refractivity (Wildman–Crippen MR) is 96.3 cm³/mol. The van der Waals surface area contributed by atoms with Gasteiger partial charge in [0.15, 0.2) is 0 Å². The van der Waals surface area contributed by atoms with Gasteiger partial charge in [0.1, 0.15) is 0 Å². The summed E-state index contributed by atoms with van der Waals surface area (Å²) in [6.45, 7) is 0. The summed E-state index contributed by atoms with van der Waals surface area (Å²) in [6, 6.07) is 13.6. The second kappa shape index (κ2) is 7.88. The molecule has 25 heavy (non-hydrogen) atoms. The highest BCUT2D eigenvalue weighted by Crippen LogP contribution is 2.36. The molecular weight excluding hydrogens is 366 g/mol. The fourth-order valence-electron chi connectivity index (χ4n) is 2.33. The lowest BCUT2D eigenvalue weighted by molar-refractivity contribution is -0.120. The molecule has 1 aliphatic rings. The Morgan fingerprint density at radius 2 is 1.92 bits per heavy atom. The number of para-hydroxylation sites is 1. The van der Waals surface area contributed by atoms with Crippen molar-refractivity contribution in [3.05, 3.63) is 48.5 Å². The van der Waals surface area contributed by atoms with Gasteiger partial charge < -0.3 is 10.6 Å². The van der Waals surface area contributed by atoms with Gasteiger partial charge in [0.05, 0.1) is 10.9 Å². The molecule has 0 aromatic heterocycles. The third kappa shape index (κ3) is 4.73. The molecule has 0 bridgehead atoms. The Bertz CT molecular complexity index is 784. The van der Waals surface area contributed by atoms with Crippen molar-refractivity contribution >= 4 is 46.7 Å². The van der Waals surface area contributed by atoms with Crippen LogP contribution in [0.3, 0.4) is 0 Å². The number of thioether (sulfide) groups is 2. The second-order valence-electron chi connectivity index (χ2n) is 5.25. The molecule has 0 radical (unpaired) electrons. The Morgan fingerprint density at radius 1 is 1.20 bits per heavy atom. The first kappa shape index (κ1) is 17.8. The van der Waals surface area contributed by atoms with Gasteiger partial charge in [0.2, 0.25) is 11.8 Å². The van der Waals surface area contributed by atoms with E-state index in [1.165, 1.54) is 23.9 Å². The Morgan fingerprint density at radius 3 is 2.64 bits per heavy atom. The molecule has 2 aromatic carbocycles. The monoisotopic (exact) mass is 380 g/mol. The van der Waals surface area contributed by atoms with E-state index in [2.05, 4.69) is 10.6 Å². The van der Waals surface area contributed by atoms with Gasteiger partial charge in [-0.05, 0) is 36.4 Å². The van der Waals surface area contributed by atoms with E-state index in [0.29, 0.717) is 22.3 Å². The smallest absolute Gasteiger partial charge is 0.288 e. The fourth-order valence-corrected chi connectivity index (χ4v) is 3.94. The molecule has 2 amide bonds. The van der Waals surface area contributed by atoms with Crippen molar-refractivity contribution in [3.63, 3.8) is 0 Å². The second-order valence-corrected chi connectivity index (χ2v) is 7.56. The first-order valence-electron chi connectivity index (χ1n) is 7.42. The zero-order valence-electron chi connectivity index (χ0n) is 12.9. The van der Waals surface area contributed by atoms with E-state index in [1.54, 1.807) is 12.1 Å². The van der Waals surface area contributed by atoms with Gasteiger partial charge in [-0.2, -0.15) is 8.78 Å². The van der Waals surface area contributed by atoms with Gasteiger partial charge in [0, 0.05) is 21.9 Å². The molecule has 2 aromatic rings. The van der Waals surface area contributed by atoms with Crippen LogP contribution in [0, 0.1) is 0 Å². The maximum Gasteiger partial charge on any atom is 0.288 e. The van der Waals surface area contributed by atoms with Crippen molar-refractivity contribution in [3.8, 4) is 0 Å². The standard InChI is InChI=1S/C17H14F2N2O2S2/c18-17(19)24-11-7-5-10(6-8-11)20-15(22)9-14-16(23)21-12-3-1-2-4-13(12)25-14/h1-8,14,17H,9H2,(H,20,22)(H,21,23). The normalized spacial score (nSPS) is 16.3. The largest absolute Gasteiger partial charge is 0.326 e. The third-order valence-corrected chi connectivity index (χ3v) is 5.44. The number of benzene rings is 2. The van der Waals surface area contributed by atoms with E-state index in [1.807, 2.05) is 24.3 Å². The Kier molecular flexibility index (Phi) is 5.60. The summed E-state index contributed by atoms with van der Waals surface area (Å²) in [5.41, 5.74) is 1.26. The lowest BCUT2D eigenvalue weighted by atomic mass is 10.2. The number of amides is 2. The molecule has 1 atom stereocenters. The van der Waals surface area contributed by atoms with E-state index in [4.69, 9.17) is 0 Å². The molecule has 1 aliphatic heterocycles. The summed E-state index contributed by atoms with van der Waals surface area (Å²) in [5, 5.41) is 4.97. The van der Waals surface area contributed by atoms with Crippen LogP contribution in [0.4, 0.5) is 20.2 Å². The topological polar surface area (TPSA) is 58.2 Å². The zero-order chi connectivity index (χ0) is 17.8. The Balaban J connectivity index is 1.58. The number of hydrogen-bond acceptors (Lipinski definition) is 4. The number of carbonyl (C=O) groups excluding carboxylic acids is 2. The number of rotatable bonds is 5. The summed E-state index contributed by atoms with van der Waals surface area (Å²) in [7, 11) is 0. The summed E-state index contributed by atoms with van der Waals surface area (Å²) in [4.78, 5) is 25.6. The minimum Gasteiger partial charge on any atom is -0.326 e. The molecule has 0 fully saturated rings. The van der Waals surface area contributed by atoms with E-state index in [0.717, 1.165) is 10.6 Å². The molecule has 3 rings (SSSR count). The van der Waals surface area contributed by atoms with Crippen LogP contribution in [-0.4, -0.2) is 22.8 Å². The first-order valence-corrected chi connectivity index (χ1v) is 9.18. The summed E-state index contributed by atoms with van der Waals surface area (Å²) in [5.74, 6) is -2.99. The number of nitrogens with one attached hydrogen (secondary N) is 2. The summed E-state index contributed by atoms with van der Waals surface area (Å²) >= 11 is 1.80. The Hall–Kier alpha value is -2.06. The van der Waals surface area contributed by atoms with Crippen molar-refractivity contribution in [2.24, 2.45) is 0 Å². The summed E-state index contributed by atoms with van der Waals surface area (Å²) in [6.07, 6.45) is 0.0262. The predicted octanol–water partition coefficient (Wildman–Crippen LogP) is 4.44. The number of hydrogen-bond donors (Lipinski definition) is 2. The molecular formula is C17H14F2N2O2S2. The molecule has 0 saturated heterocycles. The van der Waals surface area contributed by atoms with Crippen LogP contribution >= 0.6 is 23.5 Å². The van der Waals surface area contributed by atoms with Crippen molar-refractivity contribution in [1.82, 2.24) is 0 Å². The van der Waals surface area contributed by atoms with Crippen LogP contribution in [0.5, 0.6) is 0 Å². The molecule has 2 N–H and O–H groups in total.